The van der Waals surface area contributed by atoms with E-state index >= 15 is 0 Å². The van der Waals surface area contributed by atoms with Crippen LogP contribution in [-0.2, 0) is 6.42 Å². The second-order valence-corrected chi connectivity index (χ2v) is 8.04. The molecule has 1 aromatic heterocycles. The van der Waals surface area contributed by atoms with Crippen LogP contribution in [0.4, 0.5) is 5.82 Å². The molecular formula is C23H30N4O. The van der Waals surface area contributed by atoms with Gasteiger partial charge in [0.1, 0.15) is 5.82 Å². The molecule has 4 rings (SSSR count). The molecule has 28 heavy (non-hydrogen) atoms. The molecule has 2 aliphatic rings. The molecule has 0 radical (unpaired) electrons. The standard InChI is InChI=1S/C23H30N4O/c28-23(20-8-6-18(7-9-20)16-19-4-3-12-24-17-19)27-14-10-21(11-15-27)26-22-5-1-2-13-25-22/h1-2,5-9,13,19,21,24H,3-4,10-12,14-17H2,(H,25,26)/t19-/m1/s1. The lowest BCUT2D eigenvalue weighted by Gasteiger charge is -2.32. The van der Waals surface area contributed by atoms with E-state index in [4.69, 9.17) is 0 Å². The van der Waals surface area contributed by atoms with Crippen molar-refractivity contribution in [3.63, 3.8) is 0 Å². The molecular weight excluding hydrogens is 348 g/mol. The van der Waals surface area contributed by atoms with Crippen LogP contribution in [-0.4, -0.2) is 48.0 Å². The summed E-state index contributed by atoms with van der Waals surface area (Å²) in [5, 5.41) is 6.95. The van der Waals surface area contributed by atoms with Crippen LogP contribution in [0.3, 0.4) is 0 Å². The first kappa shape index (κ1) is 18.9. The smallest absolute Gasteiger partial charge is 0.253 e. The largest absolute Gasteiger partial charge is 0.367 e. The lowest BCUT2D eigenvalue weighted by Crippen LogP contribution is -2.42. The summed E-state index contributed by atoms with van der Waals surface area (Å²) < 4.78 is 0. The fourth-order valence-corrected chi connectivity index (χ4v) is 4.28. The number of aromatic nitrogens is 1. The number of carbonyl (C=O) groups is 1. The highest BCUT2D eigenvalue weighted by atomic mass is 16.2. The minimum Gasteiger partial charge on any atom is -0.367 e. The Morgan fingerprint density at radius 2 is 1.93 bits per heavy atom. The molecule has 2 N–H and O–H groups in total. The zero-order valence-corrected chi connectivity index (χ0v) is 16.4. The third-order valence-corrected chi connectivity index (χ3v) is 5.92. The minimum absolute atomic E-state index is 0.155. The minimum atomic E-state index is 0.155. The van der Waals surface area contributed by atoms with E-state index in [0.717, 1.165) is 62.7 Å². The van der Waals surface area contributed by atoms with Gasteiger partial charge in [0.05, 0.1) is 0 Å². The van der Waals surface area contributed by atoms with Crippen LogP contribution in [0.2, 0.25) is 0 Å². The van der Waals surface area contributed by atoms with Crippen LogP contribution in [0.25, 0.3) is 0 Å². The highest BCUT2D eigenvalue weighted by Crippen LogP contribution is 2.19. The Labute approximate surface area is 167 Å². The van der Waals surface area contributed by atoms with Gasteiger partial charge in [0.15, 0.2) is 0 Å². The molecule has 2 fully saturated rings. The van der Waals surface area contributed by atoms with Crippen molar-refractivity contribution in [2.75, 3.05) is 31.5 Å². The molecule has 148 valence electrons. The highest BCUT2D eigenvalue weighted by Gasteiger charge is 2.24. The maximum atomic E-state index is 12.8. The van der Waals surface area contributed by atoms with Gasteiger partial charge in [-0.05, 0) is 80.9 Å². The number of likely N-dealkylation sites (tertiary alicyclic amines) is 1. The molecule has 2 aliphatic heterocycles. The predicted octanol–water partition coefficient (Wildman–Crippen LogP) is 3.34. The van der Waals surface area contributed by atoms with Gasteiger partial charge < -0.3 is 15.5 Å². The molecule has 1 amide bonds. The van der Waals surface area contributed by atoms with E-state index in [1.54, 1.807) is 6.20 Å². The van der Waals surface area contributed by atoms with Gasteiger partial charge in [0.25, 0.3) is 5.91 Å². The average molecular weight is 379 g/mol. The van der Waals surface area contributed by atoms with Gasteiger partial charge in [-0.3, -0.25) is 4.79 Å². The zero-order chi connectivity index (χ0) is 19.2. The third-order valence-electron chi connectivity index (χ3n) is 5.92. The summed E-state index contributed by atoms with van der Waals surface area (Å²) >= 11 is 0. The number of hydrogen-bond acceptors (Lipinski definition) is 4. The molecule has 1 atom stereocenters. The van der Waals surface area contributed by atoms with Crippen molar-refractivity contribution in [1.29, 1.82) is 0 Å². The van der Waals surface area contributed by atoms with Gasteiger partial charge in [0, 0.05) is 30.9 Å². The van der Waals surface area contributed by atoms with Crippen LogP contribution in [0, 0.1) is 5.92 Å². The molecule has 3 heterocycles. The lowest BCUT2D eigenvalue weighted by atomic mass is 9.92. The first-order valence-electron chi connectivity index (χ1n) is 10.5. The number of anilines is 1. The summed E-state index contributed by atoms with van der Waals surface area (Å²) in [5.74, 6) is 1.79. The Morgan fingerprint density at radius 1 is 1.11 bits per heavy atom. The number of hydrogen-bond donors (Lipinski definition) is 2. The molecule has 5 heteroatoms. The van der Waals surface area contributed by atoms with Gasteiger partial charge in [-0.1, -0.05) is 18.2 Å². The van der Waals surface area contributed by atoms with Gasteiger partial charge in [-0.25, -0.2) is 4.98 Å². The van der Waals surface area contributed by atoms with E-state index < -0.39 is 0 Å². The van der Waals surface area contributed by atoms with Crippen molar-refractivity contribution in [3.8, 4) is 0 Å². The van der Waals surface area contributed by atoms with Crippen LogP contribution in [0.5, 0.6) is 0 Å². The lowest BCUT2D eigenvalue weighted by molar-refractivity contribution is 0.0718. The first-order valence-corrected chi connectivity index (χ1v) is 10.5. The van der Waals surface area contributed by atoms with E-state index in [0.29, 0.717) is 6.04 Å². The molecule has 2 saturated heterocycles. The Morgan fingerprint density at radius 3 is 2.61 bits per heavy atom. The SMILES string of the molecule is O=C(c1ccc(C[C@H]2CCCNC2)cc1)N1CCC(Nc2ccccn2)CC1. The van der Waals surface area contributed by atoms with Gasteiger partial charge >= 0.3 is 0 Å². The number of nitrogens with zero attached hydrogens (tertiary/aromatic N) is 2. The summed E-state index contributed by atoms with van der Waals surface area (Å²) in [6.07, 6.45) is 7.38. The Bertz CT molecular complexity index is 748. The van der Waals surface area contributed by atoms with E-state index in [9.17, 15) is 4.79 Å². The second-order valence-electron chi connectivity index (χ2n) is 8.04. The van der Waals surface area contributed by atoms with Crippen molar-refractivity contribution in [2.24, 2.45) is 5.92 Å². The number of rotatable bonds is 5. The van der Waals surface area contributed by atoms with Crippen molar-refractivity contribution in [3.05, 3.63) is 59.8 Å². The van der Waals surface area contributed by atoms with Crippen molar-refractivity contribution >= 4 is 11.7 Å². The fraction of sp³-hybridized carbons (Fsp3) is 0.478. The number of pyridine rings is 1. The van der Waals surface area contributed by atoms with E-state index in [1.165, 1.54) is 18.4 Å². The molecule has 0 bridgehead atoms. The first-order chi connectivity index (χ1) is 13.8. The molecule has 0 saturated carbocycles. The monoisotopic (exact) mass is 378 g/mol. The van der Waals surface area contributed by atoms with Crippen molar-refractivity contribution in [2.45, 2.75) is 38.1 Å². The Hall–Kier alpha value is -2.40. The summed E-state index contributed by atoms with van der Waals surface area (Å²) in [6.45, 7) is 3.85. The Kier molecular flexibility index (Phi) is 6.22. The summed E-state index contributed by atoms with van der Waals surface area (Å²) in [4.78, 5) is 19.2. The number of benzene rings is 1. The highest BCUT2D eigenvalue weighted by molar-refractivity contribution is 5.94. The molecule has 2 aromatic rings. The van der Waals surface area contributed by atoms with E-state index in [-0.39, 0.29) is 5.91 Å². The van der Waals surface area contributed by atoms with Gasteiger partial charge in [-0.2, -0.15) is 0 Å². The maximum Gasteiger partial charge on any atom is 0.253 e. The summed E-state index contributed by atoms with van der Waals surface area (Å²) in [6, 6.07) is 14.6. The van der Waals surface area contributed by atoms with Crippen LogP contribution in [0.1, 0.15) is 41.6 Å². The van der Waals surface area contributed by atoms with Gasteiger partial charge in [0.2, 0.25) is 0 Å². The molecule has 1 aromatic carbocycles. The second kappa shape index (κ2) is 9.20. The van der Waals surface area contributed by atoms with Crippen LogP contribution >= 0.6 is 0 Å². The topological polar surface area (TPSA) is 57.3 Å². The third kappa shape index (κ3) is 4.90. The van der Waals surface area contributed by atoms with E-state index in [1.807, 2.05) is 35.2 Å². The number of amides is 1. The molecule has 0 unspecified atom stereocenters. The van der Waals surface area contributed by atoms with E-state index in [2.05, 4.69) is 27.8 Å². The summed E-state index contributed by atoms with van der Waals surface area (Å²) in [5.41, 5.74) is 2.14. The van der Waals surface area contributed by atoms with Crippen molar-refractivity contribution < 1.29 is 4.79 Å². The maximum absolute atomic E-state index is 12.8. The average Bonchev–Trinajstić information content (AvgIpc) is 2.76. The molecule has 5 nitrogen and oxygen atoms in total. The number of carbonyl (C=O) groups excluding carboxylic acids is 1. The van der Waals surface area contributed by atoms with Gasteiger partial charge in [-0.15, -0.1) is 0 Å². The quantitative estimate of drug-likeness (QED) is 0.838. The summed E-state index contributed by atoms with van der Waals surface area (Å²) in [7, 11) is 0. The fourth-order valence-electron chi connectivity index (χ4n) is 4.28. The normalized spacial score (nSPS) is 20.7. The van der Waals surface area contributed by atoms with Crippen LogP contribution in [0.15, 0.2) is 48.7 Å². The number of piperidine rings is 2. The zero-order valence-electron chi connectivity index (χ0n) is 16.4. The van der Waals surface area contributed by atoms with Crippen molar-refractivity contribution in [1.82, 2.24) is 15.2 Å². The Balaban J connectivity index is 1.27. The molecule has 0 aliphatic carbocycles. The predicted molar refractivity (Wildman–Crippen MR) is 113 cm³/mol. The molecule has 0 spiro atoms. The number of nitrogens with one attached hydrogen (secondary N) is 2. The van der Waals surface area contributed by atoms with Crippen LogP contribution < -0.4 is 10.6 Å².